The van der Waals surface area contributed by atoms with Crippen molar-refractivity contribution in [3.8, 4) is 17.5 Å². The second kappa shape index (κ2) is 9.92. The standard InChI is InChI=1S/C23H17N9O2/c24-13-17-12-18(32(33)34)6-7-19(17)30-31-20-21(25)28-22(16-8-10-26-11-9-16)29-23(20)27-14-15-4-2-1-3-5-15/h1-12H,14H2,(H3,25,27,28,29). The molecule has 0 fully saturated rings. The number of anilines is 2. The largest absolute Gasteiger partial charge is 0.382 e. The summed E-state index contributed by atoms with van der Waals surface area (Å²) < 4.78 is 0. The van der Waals surface area contributed by atoms with Gasteiger partial charge in [-0.25, -0.2) is 9.97 Å². The Morgan fingerprint density at radius 2 is 1.82 bits per heavy atom. The third-order valence-electron chi connectivity index (χ3n) is 4.72. The van der Waals surface area contributed by atoms with Crippen molar-refractivity contribution in [3.05, 3.63) is 94.3 Å². The van der Waals surface area contributed by atoms with Crippen LogP contribution in [-0.4, -0.2) is 19.9 Å². The zero-order valence-corrected chi connectivity index (χ0v) is 17.7. The second-order valence-corrected chi connectivity index (χ2v) is 6.98. The summed E-state index contributed by atoms with van der Waals surface area (Å²) >= 11 is 0. The van der Waals surface area contributed by atoms with Crippen molar-refractivity contribution in [2.24, 2.45) is 10.2 Å². The van der Waals surface area contributed by atoms with E-state index in [4.69, 9.17) is 5.73 Å². The number of azo groups is 1. The van der Waals surface area contributed by atoms with Crippen molar-refractivity contribution < 1.29 is 4.92 Å². The number of pyridine rings is 1. The molecule has 0 atom stereocenters. The second-order valence-electron chi connectivity index (χ2n) is 6.98. The molecule has 4 rings (SSSR count). The zero-order valence-electron chi connectivity index (χ0n) is 17.7. The zero-order chi connectivity index (χ0) is 23.9. The minimum Gasteiger partial charge on any atom is -0.382 e. The molecule has 166 valence electrons. The van der Waals surface area contributed by atoms with Crippen molar-refractivity contribution in [2.45, 2.75) is 6.54 Å². The van der Waals surface area contributed by atoms with Crippen LogP contribution in [0.2, 0.25) is 0 Å². The van der Waals surface area contributed by atoms with Gasteiger partial charge in [0.25, 0.3) is 5.69 Å². The lowest BCUT2D eigenvalue weighted by atomic mass is 10.2. The molecule has 0 aliphatic heterocycles. The number of nitro groups is 1. The topological polar surface area (TPSA) is 168 Å². The van der Waals surface area contributed by atoms with Crippen LogP contribution in [0.5, 0.6) is 0 Å². The summed E-state index contributed by atoms with van der Waals surface area (Å²) in [6, 6.07) is 18.8. The first kappa shape index (κ1) is 22.0. The number of nitrogen functional groups attached to an aromatic ring is 1. The van der Waals surface area contributed by atoms with Gasteiger partial charge in [0.1, 0.15) is 11.8 Å². The first-order chi connectivity index (χ1) is 16.5. The minimum absolute atomic E-state index is 0.00430. The molecular weight excluding hydrogens is 434 g/mol. The molecule has 2 aromatic heterocycles. The fraction of sp³-hybridized carbons (Fsp3) is 0.0435. The van der Waals surface area contributed by atoms with Gasteiger partial charge in [0.2, 0.25) is 0 Å². The van der Waals surface area contributed by atoms with E-state index in [0.717, 1.165) is 17.2 Å². The molecule has 0 aliphatic rings. The predicted molar refractivity (Wildman–Crippen MR) is 125 cm³/mol. The van der Waals surface area contributed by atoms with Crippen molar-refractivity contribution in [3.63, 3.8) is 0 Å². The highest BCUT2D eigenvalue weighted by molar-refractivity contribution is 5.75. The number of non-ortho nitro benzene ring substituents is 1. The maximum absolute atomic E-state index is 11.0. The van der Waals surface area contributed by atoms with E-state index in [1.165, 1.54) is 12.1 Å². The molecule has 11 heteroatoms. The van der Waals surface area contributed by atoms with Crippen LogP contribution in [0.4, 0.5) is 28.7 Å². The van der Waals surface area contributed by atoms with Crippen molar-refractivity contribution in [2.75, 3.05) is 11.1 Å². The number of nitriles is 1. The summed E-state index contributed by atoms with van der Waals surface area (Å²) in [5.41, 5.74) is 8.06. The van der Waals surface area contributed by atoms with E-state index in [0.29, 0.717) is 18.2 Å². The molecule has 4 aromatic rings. The van der Waals surface area contributed by atoms with E-state index in [9.17, 15) is 15.4 Å². The summed E-state index contributed by atoms with van der Waals surface area (Å²) in [6.07, 6.45) is 3.25. The van der Waals surface area contributed by atoms with Crippen LogP contribution in [0.25, 0.3) is 11.4 Å². The normalized spacial score (nSPS) is 10.7. The number of hydrogen-bond acceptors (Lipinski definition) is 10. The smallest absolute Gasteiger partial charge is 0.270 e. The number of nitrogens with zero attached hydrogens (tertiary/aromatic N) is 7. The molecule has 0 bridgehead atoms. The quantitative estimate of drug-likeness (QED) is 0.226. The molecule has 34 heavy (non-hydrogen) atoms. The monoisotopic (exact) mass is 451 g/mol. The average molecular weight is 451 g/mol. The van der Waals surface area contributed by atoms with Crippen molar-refractivity contribution in [1.82, 2.24) is 15.0 Å². The van der Waals surface area contributed by atoms with Crippen LogP contribution in [0.15, 0.2) is 83.3 Å². The highest BCUT2D eigenvalue weighted by Gasteiger charge is 2.15. The van der Waals surface area contributed by atoms with Crippen molar-refractivity contribution >= 4 is 28.7 Å². The third kappa shape index (κ3) is 4.97. The van der Waals surface area contributed by atoms with Crippen LogP contribution < -0.4 is 11.1 Å². The Balaban J connectivity index is 1.73. The van der Waals surface area contributed by atoms with Gasteiger partial charge < -0.3 is 11.1 Å². The maximum atomic E-state index is 11.0. The van der Waals surface area contributed by atoms with Crippen LogP contribution in [-0.2, 0) is 6.54 Å². The summed E-state index contributed by atoms with van der Waals surface area (Å²) in [7, 11) is 0. The Kier molecular flexibility index (Phi) is 6.41. The number of benzene rings is 2. The lowest BCUT2D eigenvalue weighted by Crippen LogP contribution is -2.06. The van der Waals surface area contributed by atoms with Gasteiger partial charge in [-0.1, -0.05) is 30.3 Å². The number of rotatable bonds is 7. The van der Waals surface area contributed by atoms with Crippen LogP contribution in [0.3, 0.4) is 0 Å². The Hall–Kier alpha value is -5.24. The van der Waals surface area contributed by atoms with Gasteiger partial charge >= 0.3 is 0 Å². The SMILES string of the molecule is N#Cc1cc([N+](=O)[O-])ccc1N=Nc1c(N)nc(-c2ccncc2)nc1NCc1ccccc1. The van der Waals surface area contributed by atoms with Gasteiger partial charge in [-0.2, -0.15) is 5.26 Å². The van der Waals surface area contributed by atoms with Gasteiger partial charge in [0, 0.05) is 36.6 Å². The highest BCUT2D eigenvalue weighted by atomic mass is 16.6. The molecule has 11 nitrogen and oxygen atoms in total. The van der Waals surface area contributed by atoms with Gasteiger partial charge in [-0.3, -0.25) is 15.1 Å². The molecular formula is C23H17N9O2. The predicted octanol–water partition coefficient (Wildman–Crippen LogP) is 4.93. The summed E-state index contributed by atoms with van der Waals surface area (Å²) in [5.74, 6) is 0.788. The lowest BCUT2D eigenvalue weighted by molar-refractivity contribution is -0.384. The van der Waals surface area contributed by atoms with E-state index in [1.807, 2.05) is 36.4 Å². The van der Waals surface area contributed by atoms with Gasteiger partial charge in [-0.05, 0) is 23.8 Å². The molecule has 2 heterocycles. The first-order valence-corrected chi connectivity index (χ1v) is 10.0. The molecule has 0 amide bonds. The van der Waals surface area contributed by atoms with Crippen LogP contribution in [0, 0.1) is 21.4 Å². The maximum Gasteiger partial charge on any atom is 0.270 e. The molecule has 2 aromatic carbocycles. The molecule has 0 saturated heterocycles. The number of hydrogen-bond donors (Lipinski definition) is 2. The number of aromatic nitrogens is 3. The summed E-state index contributed by atoms with van der Waals surface area (Å²) in [4.78, 5) is 23.3. The van der Waals surface area contributed by atoms with Gasteiger partial charge in [0.05, 0.1) is 10.5 Å². The number of nitrogens with one attached hydrogen (secondary N) is 1. The summed E-state index contributed by atoms with van der Waals surface area (Å²) in [6.45, 7) is 0.441. The molecule has 3 N–H and O–H groups in total. The average Bonchev–Trinajstić information content (AvgIpc) is 2.87. The van der Waals surface area contributed by atoms with E-state index in [1.54, 1.807) is 24.5 Å². The fourth-order valence-electron chi connectivity index (χ4n) is 3.02. The number of nitrogens with two attached hydrogens (primary N) is 1. The summed E-state index contributed by atoms with van der Waals surface area (Å²) in [5, 5.41) is 31.8. The Morgan fingerprint density at radius 3 is 2.53 bits per heavy atom. The Labute approximate surface area is 193 Å². The molecule has 0 saturated carbocycles. The van der Waals surface area contributed by atoms with E-state index in [2.05, 4.69) is 30.5 Å². The highest BCUT2D eigenvalue weighted by Crippen LogP contribution is 2.34. The lowest BCUT2D eigenvalue weighted by Gasteiger charge is -2.12. The minimum atomic E-state index is -0.586. The molecule has 0 aliphatic carbocycles. The fourth-order valence-corrected chi connectivity index (χ4v) is 3.02. The Morgan fingerprint density at radius 1 is 1.06 bits per heavy atom. The Bertz CT molecular complexity index is 1400. The van der Waals surface area contributed by atoms with E-state index >= 15 is 0 Å². The van der Waals surface area contributed by atoms with Crippen LogP contribution in [0.1, 0.15) is 11.1 Å². The van der Waals surface area contributed by atoms with E-state index in [-0.39, 0.29) is 28.4 Å². The van der Waals surface area contributed by atoms with E-state index < -0.39 is 4.92 Å². The molecule has 0 spiro atoms. The van der Waals surface area contributed by atoms with Gasteiger partial charge in [-0.15, -0.1) is 10.2 Å². The van der Waals surface area contributed by atoms with Gasteiger partial charge in [0.15, 0.2) is 23.1 Å². The third-order valence-corrected chi connectivity index (χ3v) is 4.72. The molecule has 0 radical (unpaired) electrons. The van der Waals surface area contributed by atoms with Crippen molar-refractivity contribution in [1.29, 1.82) is 5.26 Å². The number of nitro benzene ring substituents is 1. The molecule has 0 unspecified atom stereocenters. The van der Waals surface area contributed by atoms with Crippen LogP contribution >= 0.6 is 0 Å². The first-order valence-electron chi connectivity index (χ1n) is 10.0.